The number of carbonyl (C=O) groups excluding carboxylic acids is 2. The van der Waals surface area contributed by atoms with Crippen LogP contribution in [0.2, 0.25) is 0 Å². The first-order chi connectivity index (χ1) is 13.1. The van der Waals surface area contributed by atoms with Crippen molar-refractivity contribution in [2.45, 2.75) is 78.9 Å². The molecule has 1 atom stereocenters. The van der Waals surface area contributed by atoms with Gasteiger partial charge in [-0.05, 0) is 85.4 Å². The van der Waals surface area contributed by atoms with Gasteiger partial charge in [-0.15, -0.1) is 0 Å². The molecular weight excluding hydrogens is 434 g/mol. The van der Waals surface area contributed by atoms with E-state index in [9.17, 15) is 9.59 Å². The Morgan fingerprint density at radius 1 is 1.00 bits per heavy atom. The molecular formula is C23H36BrNO4. The van der Waals surface area contributed by atoms with Crippen LogP contribution in [0, 0.1) is 5.41 Å². The highest BCUT2D eigenvalue weighted by Crippen LogP contribution is 2.32. The van der Waals surface area contributed by atoms with Crippen molar-refractivity contribution in [3.63, 3.8) is 0 Å². The van der Waals surface area contributed by atoms with E-state index >= 15 is 0 Å². The molecule has 0 aromatic heterocycles. The number of benzene rings is 1. The standard InChI is InChI=1S/C23H36BrNO4/c1-21(2,3)28-19(26)23(7,16-17-11-9-12-18(24)15-17)13-10-14-25(8)20(27)29-22(4,5)6/h9,11-12,15H,10,13-14,16H2,1-8H3. The van der Waals surface area contributed by atoms with Crippen LogP contribution in [0.3, 0.4) is 0 Å². The zero-order valence-corrected chi connectivity index (χ0v) is 20.7. The minimum Gasteiger partial charge on any atom is -0.460 e. The Kier molecular flexibility index (Phi) is 8.75. The number of nitrogens with zero attached hydrogens (tertiary/aromatic N) is 1. The number of halogens is 1. The van der Waals surface area contributed by atoms with Gasteiger partial charge >= 0.3 is 12.1 Å². The Bertz CT molecular complexity index is 706. The molecule has 0 aliphatic carbocycles. The third-order valence-electron chi connectivity index (χ3n) is 4.30. The van der Waals surface area contributed by atoms with E-state index in [0.29, 0.717) is 25.8 Å². The van der Waals surface area contributed by atoms with Crippen LogP contribution in [0.1, 0.15) is 66.9 Å². The number of hydrogen-bond donors (Lipinski definition) is 0. The normalized spacial score (nSPS) is 14.1. The summed E-state index contributed by atoms with van der Waals surface area (Å²) in [5.74, 6) is -0.218. The van der Waals surface area contributed by atoms with Crippen molar-refractivity contribution in [3.05, 3.63) is 34.3 Å². The van der Waals surface area contributed by atoms with Crippen molar-refractivity contribution in [1.29, 1.82) is 0 Å². The summed E-state index contributed by atoms with van der Waals surface area (Å²) in [6.07, 6.45) is 1.47. The molecule has 1 rings (SSSR count). The van der Waals surface area contributed by atoms with E-state index in [4.69, 9.17) is 9.47 Å². The smallest absolute Gasteiger partial charge is 0.410 e. The Morgan fingerprint density at radius 2 is 1.59 bits per heavy atom. The maximum absolute atomic E-state index is 13.0. The second kappa shape index (κ2) is 9.96. The van der Waals surface area contributed by atoms with Gasteiger partial charge in [-0.25, -0.2) is 4.79 Å². The summed E-state index contributed by atoms with van der Waals surface area (Å²) in [5.41, 5.74) is -0.712. The highest BCUT2D eigenvalue weighted by molar-refractivity contribution is 9.10. The zero-order chi connectivity index (χ0) is 22.5. The SMILES string of the molecule is CN(CCCC(C)(Cc1cccc(Br)c1)C(=O)OC(C)(C)C)C(=O)OC(C)(C)C. The Hall–Kier alpha value is -1.56. The summed E-state index contributed by atoms with van der Waals surface area (Å²) in [6, 6.07) is 7.96. The molecule has 6 heteroatoms. The zero-order valence-electron chi connectivity index (χ0n) is 19.1. The average Bonchev–Trinajstić information content (AvgIpc) is 2.51. The Morgan fingerprint density at radius 3 is 2.10 bits per heavy atom. The van der Waals surface area contributed by atoms with Gasteiger partial charge < -0.3 is 14.4 Å². The van der Waals surface area contributed by atoms with Gasteiger partial charge in [0.2, 0.25) is 0 Å². The summed E-state index contributed by atoms with van der Waals surface area (Å²) >= 11 is 3.49. The molecule has 0 bridgehead atoms. The third-order valence-corrected chi connectivity index (χ3v) is 4.80. The number of carbonyl (C=O) groups is 2. The van der Waals surface area contributed by atoms with Crippen LogP contribution in [0.15, 0.2) is 28.7 Å². The van der Waals surface area contributed by atoms with Crippen LogP contribution in [-0.2, 0) is 20.7 Å². The molecule has 0 saturated heterocycles. The highest BCUT2D eigenvalue weighted by Gasteiger charge is 2.37. The lowest BCUT2D eigenvalue weighted by molar-refractivity contribution is -0.167. The van der Waals surface area contributed by atoms with Crippen molar-refractivity contribution in [1.82, 2.24) is 4.90 Å². The van der Waals surface area contributed by atoms with E-state index in [1.54, 1.807) is 11.9 Å². The topological polar surface area (TPSA) is 55.8 Å². The lowest BCUT2D eigenvalue weighted by atomic mass is 9.79. The van der Waals surface area contributed by atoms with Crippen LogP contribution >= 0.6 is 15.9 Å². The molecule has 1 unspecified atom stereocenters. The van der Waals surface area contributed by atoms with Crippen LogP contribution < -0.4 is 0 Å². The van der Waals surface area contributed by atoms with E-state index in [1.165, 1.54) is 0 Å². The summed E-state index contributed by atoms with van der Waals surface area (Å²) in [7, 11) is 1.72. The quantitative estimate of drug-likeness (QED) is 0.460. The van der Waals surface area contributed by atoms with Crippen LogP contribution in [0.25, 0.3) is 0 Å². The highest BCUT2D eigenvalue weighted by atomic mass is 79.9. The molecule has 0 spiro atoms. The number of rotatable bonds is 7. The van der Waals surface area contributed by atoms with Gasteiger partial charge in [-0.2, -0.15) is 0 Å². The number of hydrogen-bond acceptors (Lipinski definition) is 4. The molecule has 0 aliphatic heterocycles. The summed E-state index contributed by atoms with van der Waals surface area (Å²) < 4.78 is 12.1. The van der Waals surface area contributed by atoms with Crippen LogP contribution in [0.4, 0.5) is 4.79 Å². The second-order valence-corrected chi connectivity index (χ2v) is 10.8. The van der Waals surface area contributed by atoms with Gasteiger partial charge in [0.1, 0.15) is 11.2 Å². The molecule has 164 valence electrons. The minimum atomic E-state index is -0.692. The molecule has 0 radical (unpaired) electrons. The first-order valence-corrected chi connectivity index (χ1v) is 10.8. The van der Waals surface area contributed by atoms with Crippen molar-refractivity contribution in [2.24, 2.45) is 5.41 Å². The van der Waals surface area contributed by atoms with Crippen molar-refractivity contribution in [3.8, 4) is 0 Å². The molecule has 0 N–H and O–H groups in total. The maximum atomic E-state index is 13.0. The molecule has 29 heavy (non-hydrogen) atoms. The lowest BCUT2D eigenvalue weighted by Gasteiger charge is -2.32. The van der Waals surface area contributed by atoms with Gasteiger partial charge in [0.25, 0.3) is 0 Å². The van der Waals surface area contributed by atoms with Gasteiger partial charge in [0, 0.05) is 18.1 Å². The molecule has 0 saturated carbocycles. The fraction of sp³-hybridized carbons (Fsp3) is 0.652. The number of esters is 1. The van der Waals surface area contributed by atoms with E-state index in [2.05, 4.69) is 15.9 Å². The molecule has 0 fully saturated rings. The fourth-order valence-corrected chi connectivity index (χ4v) is 3.35. The van der Waals surface area contributed by atoms with Crippen molar-refractivity contribution < 1.29 is 19.1 Å². The second-order valence-electron chi connectivity index (χ2n) is 9.87. The van der Waals surface area contributed by atoms with Crippen molar-refractivity contribution >= 4 is 28.0 Å². The van der Waals surface area contributed by atoms with E-state index in [1.807, 2.05) is 72.7 Å². The average molecular weight is 470 g/mol. The first-order valence-electron chi connectivity index (χ1n) is 10.0. The predicted octanol–water partition coefficient (Wildman–Crippen LogP) is 5.99. The molecule has 1 aromatic carbocycles. The van der Waals surface area contributed by atoms with Gasteiger partial charge in [-0.1, -0.05) is 28.1 Å². The Labute approximate surface area is 184 Å². The third kappa shape index (κ3) is 9.66. The number of ether oxygens (including phenoxy) is 2. The van der Waals surface area contributed by atoms with Crippen LogP contribution in [-0.4, -0.2) is 41.8 Å². The minimum absolute atomic E-state index is 0.218. The van der Waals surface area contributed by atoms with E-state index in [-0.39, 0.29) is 12.1 Å². The molecule has 0 heterocycles. The molecule has 5 nitrogen and oxygen atoms in total. The van der Waals surface area contributed by atoms with E-state index < -0.39 is 16.6 Å². The largest absolute Gasteiger partial charge is 0.460 e. The summed E-state index contributed by atoms with van der Waals surface area (Å²) in [6.45, 7) is 13.6. The van der Waals surface area contributed by atoms with Crippen molar-refractivity contribution in [2.75, 3.05) is 13.6 Å². The molecule has 1 amide bonds. The number of amides is 1. The molecule has 1 aromatic rings. The van der Waals surface area contributed by atoms with Crippen LogP contribution in [0.5, 0.6) is 0 Å². The first kappa shape index (κ1) is 25.5. The summed E-state index contributed by atoms with van der Waals surface area (Å²) in [4.78, 5) is 26.8. The monoisotopic (exact) mass is 469 g/mol. The van der Waals surface area contributed by atoms with Gasteiger partial charge in [-0.3, -0.25) is 4.79 Å². The van der Waals surface area contributed by atoms with E-state index in [0.717, 1.165) is 10.0 Å². The predicted molar refractivity (Wildman–Crippen MR) is 120 cm³/mol. The molecule has 0 aliphatic rings. The summed E-state index contributed by atoms with van der Waals surface area (Å²) in [5, 5.41) is 0. The van der Waals surface area contributed by atoms with Gasteiger partial charge in [0.05, 0.1) is 5.41 Å². The fourth-order valence-electron chi connectivity index (χ4n) is 2.90. The Balaban J connectivity index is 2.86. The van der Waals surface area contributed by atoms with Gasteiger partial charge in [0.15, 0.2) is 0 Å². The maximum Gasteiger partial charge on any atom is 0.410 e. The lowest BCUT2D eigenvalue weighted by Crippen LogP contribution is -2.39.